The summed E-state index contributed by atoms with van der Waals surface area (Å²) in [4.78, 5) is 5.32. The highest BCUT2D eigenvalue weighted by Gasteiger charge is 2.41. The molecule has 1 aromatic heterocycles. The van der Waals surface area contributed by atoms with Crippen molar-refractivity contribution in [2.45, 2.75) is 45.3 Å². The molecule has 1 rings (SSSR count). The summed E-state index contributed by atoms with van der Waals surface area (Å²) in [5.41, 5.74) is 0.878. The molecule has 0 aliphatic heterocycles. The molecule has 0 aromatic carbocycles. The van der Waals surface area contributed by atoms with E-state index in [1.165, 1.54) is 11.3 Å². The third kappa shape index (κ3) is 4.68. The SMILES string of the molecule is CNCc1sc(COCC(F)(F)C(F)F)nc1C(C)C. The second-order valence-electron chi connectivity index (χ2n) is 4.66. The van der Waals surface area contributed by atoms with Crippen molar-refractivity contribution in [2.24, 2.45) is 0 Å². The molecule has 0 aliphatic carbocycles. The van der Waals surface area contributed by atoms with Gasteiger partial charge < -0.3 is 10.1 Å². The quantitative estimate of drug-likeness (QED) is 0.747. The Morgan fingerprint density at radius 2 is 2.00 bits per heavy atom. The third-order valence-electron chi connectivity index (χ3n) is 2.50. The fraction of sp³-hybridized carbons (Fsp3) is 0.750. The van der Waals surface area contributed by atoms with E-state index < -0.39 is 19.0 Å². The highest BCUT2D eigenvalue weighted by atomic mass is 32.1. The van der Waals surface area contributed by atoms with E-state index in [9.17, 15) is 17.6 Å². The van der Waals surface area contributed by atoms with Crippen molar-refractivity contribution in [3.63, 3.8) is 0 Å². The van der Waals surface area contributed by atoms with Gasteiger partial charge >= 0.3 is 12.3 Å². The van der Waals surface area contributed by atoms with E-state index in [0.29, 0.717) is 11.6 Å². The molecule has 3 nitrogen and oxygen atoms in total. The molecule has 0 bridgehead atoms. The van der Waals surface area contributed by atoms with Gasteiger partial charge in [0, 0.05) is 11.4 Å². The van der Waals surface area contributed by atoms with Gasteiger partial charge in [0.2, 0.25) is 0 Å². The van der Waals surface area contributed by atoms with Crippen LogP contribution >= 0.6 is 11.3 Å². The minimum atomic E-state index is -4.12. The van der Waals surface area contributed by atoms with Gasteiger partial charge in [-0.25, -0.2) is 13.8 Å². The van der Waals surface area contributed by atoms with Gasteiger partial charge in [-0.05, 0) is 13.0 Å². The molecule has 1 N–H and O–H groups in total. The summed E-state index contributed by atoms with van der Waals surface area (Å²) < 4.78 is 54.0. The smallest absolute Gasteiger partial charge is 0.330 e. The molecule has 0 saturated carbocycles. The summed E-state index contributed by atoms with van der Waals surface area (Å²) in [6.45, 7) is 3.09. The molecule has 0 unspecified atom stereocenters. The molecule has 20 heavy (non-hydrogen) atoms. The van der Waals surface area contributed by atoms with Crippen LogP contribution in [0.2, 0.25) is 0 Å². The Labute approximate surface area is 119 Å². The van der Waals surface area contributed by atoms with E-state index in [4.69, 9.17) is 0 Å². The Morgan fingerprint density at radius 3 is 2.50 bits per heavy atom. The van der Waals surface area contributed by atoms with Crippen LogP contribution in [0.4, 0.5) is 17.6 Å². The molecule has 0 amide bonds. The summed E-state index contributed by atoms with van der Waals surface area (Å²) in [5.74, 6) is -3.92. The van der Waals surface area contributed by atoms with E-state index in [2.05, 4.69) is 15.0 Å². The molecule has 1 heterocycles. The lowest BCUT2D eigenvalue weighted by molar-refractivity contribution is -0.168. The number of halogens is 4. The van der Waals surface area contributed by atoms with Crippen molar-refractivity contribution in [3.8, 4) is 0 Å². The van der Waals surface area contributed by atoms with Crippen LogP contribution in [-0.2, 0) is 17.9 Å². The molecular weight excluding hydrogens is 296 g/mol. The number of alkyl halides is 4. The first-order chi connectivity index (χ1) is 9.27. The van der Waals surface area contributed by atoms with Gasteiger partial charge in [-0.1, -0.05) is 13.8 Å². The lowest BCUT2D eigenvalue weighted by atomic mass is 10.1. The van der Waals surface area contributed by atoms with Gasteiger partial charge in [0.15, 0.2) is 0 Å². The molecule has 0 atom stereocenters. The highest BCUT2D eigenvalue weighted by Crippen LogP contribution is 2.27. The Balaban J connectivity index is 2.63. The predicted molar refractivity (Wildman–Crippen MR) is 69.6 cm³/mol. The summed E-state index contributed by atoms with van der Waals surface area (Å²) in [6.07, 6.45) is -3.72. The van der Waals surface area contributed by atoms with Crippen molar-refractivity contribution < 1.29 is 22.3 Å². The summed E-state index contributed by atoms with van der Waals surface area (Å²) in [7, 11) is 1.79. The molecule has 116 valence electrons. The van der Waals surface area contributed by atoms with Crippen molar-refractivity contribution in [1.82, 2.24) is 10.3 Å². The van der Waals surface area contributed by atoms with Crippen molar-refractivity contribution in [1.29, 1.82) is 0 Å². The van der Waals surface area contributed by atoms with Gasteiger partial charge in [-0.3, -0.25) is 0 Å². The second-order valence-corrected chi connectivity index (χ2v) is 5.82. The lowest BCUT2D eigenvalue weighted by Gasteiger charge is -2.14. The number of hydrogen-bond acceptors (Lipinski definition) is 4. The zero-order chi connectivity index (χ0) is 15.3. The van der Waals surface area contributed by atoms with Crippen LogP contribution in [0, 0.1) is 0 Å². The zero-order valence-electron chi connectivity index (χ0n) is 11.6. The van der Waals surface area contributed by atoms with Gasteiger partial charge in [0.25, 0.3) is 0 Å². The van der Waals surface area contributed by atoms with E-state index in [1.54, 1.807) is 7.05 Å². The molecule has 0 aliphatic rings. The number of rotatable bonds is 8. The molecular formula is C12H18F4N2OS. The average Bonchev–Trinajstić information content (AvgIpc) is 2.72. The van der Waals surface area contributed by atoms with Crippen molar-refractivity contribution in [2.75, 3.05) is 13.7 Å². The topological polar surface area (TPSA) is 34.1 Å². The number of nitrogens with zero attached hydrogens (tertiary/aromatic N) is 1. The maximum atomic E-state index is 12.7. The molecule has 0 spiro atoms. The maximum Gasteiger partial charge on any atom is 0.330 e. The number of nitrogens with one attached hydrogen (secondary N) is 1. The van der Waals surface area contributed by atoms with E-state index in [1.807, 2.05) is 13.8 Å². The zero-order valence-corrected chi connectivity index (χ0v) is 12.4. The molecule has 1 aromatic rings. The van der Waals surface area contributed by atoms with Gasteiger partial charge in [0.05, 0.1) is 12.3 Å². The summed E-state index contributed by atoms with van der Waals surface area (Å²) >= 11 is 1.34. The fourth-order valence-corrected chi connectivity index (χ4v) is 2.72. The number of thiazole rings is 1. The first-order valence-electron chi connectivity index (χ1n) is 6.14. The lowest BCUT2D eigenvalue weighted by Crippen LogP contribution is -2.32. The Morgan fingerprint density at radius 1 is 1.35 bits per heavy atom. The van der Waals surface area contributed by atoms with Crippen LogP contribution in [0.25, 0.3) is 0 Å². The Bertz CT molecular complexity index is 424. The van der Waals surface area contributed by atoms with Crippen LogP contribution in [0.5, 0.6) is 0 Å². The van der Waals surface area contributed by atoms with E-state index in [0.717, 1.165) is 10.6 Å². The van der Waals surface area contributed by atoms with Gasteiger partial charge in [0.1, 0.15) is 11.6 Å². The molecule has 8 heteroatoms. The Hall–Kier alpha value is -0.730. The minimum Gasteiger partial charge on any atom is -0.368 e. The van der Waals surface area contributed by atoms with Crippen molar-refractivity contribution in [3.05, 3.63) is 15.6 Å². The summed E-state index contributed by atoms with van der Waals surface area (Å²) in [5, 5.41) is 3.52. The number of hydrogen-bond donors (Lipinski definition) is 1. The minimum absolute atomic E-state index is 0.184. The molecule has 0 saturated heterocycles. The first kappa shape index (κ1) is 17.3. The number of ether oxygens (including phenoxy) is 1. The van der Waals surface area contributed by atoms with Crippen LogP contribution in [-0.4, -0.2) is 31.0 Å². The average molecular weight is 314 g/mol. The van der Waals surface area contributed by atoms with Crippen LogP contribution in [0.3, 0.4) is 0 Å². The van der Waals surface area contributed by atoms with E-state index >= 15 is 0 Å². The standard InChI is InChI=1S/C12H18F4N2OS/c1-7(2)10-8(4-17-3)20-9(18-10)5-19-6-12(15,16)11(13)14/h7,11,17H,4-6H2,1-3H3. The van der Waals surface area contributed by atoms with Crippen LogP contribution in [0.1, 0.15) is 35.3 Å². The Kier molecular flexibility index (Phi) is 6.35. The van der Waals surface area contributed by atoms with Crippen molar-refractivity contribution >= 4 is 11.3 Å². The van der Waals surface area contributed by atoms with Gasteiger partial charge in [-0.2, -0.15) is 8.78 Å². The predicted octanol–water partition coefficient (Wildman–Crippen LogP) is 3.40. The normalized spacial score (nSPS) is 12.7. The number of aromatic nitrogens is 1. The largest absolute Gasteiger partial charge is 0.368 e. The van der Waals surface area contributed by atoms with Crippen LogP contribution in [0.15, 0.2) is 0 Å². The monoisotopic (exact) mass is 314 g/mol. The van der Waals surface area contributed by atoms with Gasteiger partial charge in [-0.15, -0.1) is 11.3 Å². The van der Waals surface area contributed by atoms with E-state index in [-0.39, 0.29) is 12.5 Å². The first-order valence-corrected chi connectivity index (χ1v) is 6.96. The highest BCUT2D eigenvalue weighted by molar-refractivity contribution is 7.11. The second kappa shape index (κ2) is 7.33. The fourth-order valence-electron chi connectivity index (χ4n) is 1.55. The van der Waals surface area contributed by atoms with Crippen LogP contribution < -0.4 is 5.32 Å². The summed E-state index contributed by atoms with van der Waals surface area (Å²) in [6, 6.07) is 0. The molecule has 0 fully saturated rings. The third-order valence-corrected chi connectivity index (χ3v) is 3.54. The molecule has 0 radical (unpaired) electrons. The maximum absolute atomic E-state index is 12.7.